The summed E-state index contributed by atoms with van der Waals surface area (Å²) in [6, 6.07) is 7.59. The van der Waals surface area contributed by atoms with Gasteiger partial charge in [0.2, 0.25) is 0 Å². The zero-order valence-electron chi connectivity index (χ0n) is 7.62. The van der Waals surface area contributed by atoms with Crippen LogP contribution in [0, 0.1) is 22.7 Å². The van der Waals surface area contributed by atoms with Gasteiger partial charge in [0.15, 0.2) is 0 Å². The second-order valence-corrected chi connectivity index (χ2v) is 3.46. The van der Waals surface area contributed by atoms with E-state index in [2.05, 4.69) is 6.07 Å². The quantitative estimate of drug-likeness (QED) is 0.660. The Kier molecular flexibility index (Phi) is 1.96. The van der Waals surface area contributed by atoms with Crippen LogP contribution in [0.3, 0.4) is 0 Å². The summed E-state index contributed by atoms with van der Waals surface area (Å²) in [6.45, 7) is 0. The van der Waals surface area contributed by atoms with Gasteiger partial charge >= 0.3 is 0 Å². The van der Waals surface area contributed by atoms with E-state index in [4.69, 9.17) is 16.3 Å². The number of nitriles is 2. The van der Waals surface area contributed by atoms with Crippen molar-refractivity contribution in [3.8, 4) is 12.1 Å². The molecule has 0 saturated carbocycles. The first-order valence-corrected chi connectivity index (χ1v) is 4.49. The molecule has 1 aliphatic carbocycles. The van der Waals surface area contributed by atoms with Crippen LogP contribution < -0.4 is 5.73 Å². The van der Waals surface area contributed by atoms with E-state index in [1.54, 1.807) is 12.1 Å². The van der Waals surface area contributed by atoms with Crippen molar-refractivity contribution in [2.75, 3.05) is 0 Å². The van der Waals surface area contributed by atoms with Crippen molar-refractivity contribution in [2.24, 2.45) is 5.73 Å². The monoisotopic (exact) mass is 183 g/mol. The van der Waals surface area contributed by atoms with E-state index in [1.165, 1.54) is 0 Å². The molecule has 0 aliphatic heterocycles. The van der Waals surface area contributed by atoms with Crippen molar-refractivity contribution >= 4 is 0 Å². The minimum absolute atomic E-state index is 0.00889. The zero-order valence-corrected chi connectivity index (χ0v) is 7.62. The molecule has 3 nitrogen and oxygen atoms in total. The number of hydrogen-bond acceptors (Lipinski definition) is 3. The first kappa shape index (κ1) is 8.74. The molecule has 0 amide bonds. The Morgan fingerprint density at radius 3 is 2.71 bits per heavy atom. The van der Waals surface area contributed by atoms with Gasteiger partial charge in [-0.15, -0.1) is 0 Å². The van der Waals surface area contributed by atoms with Gasteiger partial charge in [0.1, 0.15) is 0 Å². The molecule has 0 aromatic heterocycles. The largest absolute Gasteiger partial charge is 0.324 e. The SMILES string of the molecule is N#Cc1cc(C#N)c2c(c1)C(N)CC2. The van der Waals surface area contributed by atoms with E-state index in [-0.39, 0.29) is 6.04 Å². The van der Waals surface area contributed by atoms with Gasteiger partial charge in [0, 0.05) is 6.04 Å². The Hall–Kier alpha value is -1.84. The predicted molar refractivity (Wildman–Crippen MR) is 51.1 cm³/mol. The van der Waals surface area contributed by atoms with Crippen molar-refractivity contribution < 1.29 is 0 Å². The van der Waals surface area contributed by atoms with Crippen LogP contribution in [-0.4, -0.2) is 0 Å². The molecule has 1 atom stereocenters. The Morgan fingerprint density at radius 2 is 2.07 bits per heavy atom. The van der Waals surface area contributed by atoms with Crippen LogP contribution >= 0.6 is 0 Å². The Bertz CT molecular complexity index is 463. The van der Waals surface area contributed by atoms with Crippen LogP contribution in [0.15, 0.2) is 12.1 Å². The van der Waals surface area contributed by atoms with E-state index in [9.17, 15) is 0 Å². The number of hydrogen-bond donors (Lipinski definition) is 1. The lowest BCUT2D eigenvalue weighted by Crippen LogP contribution is -2.05. The molecule has 0 spiro atoms. The lowest BCUT2D eigenvalue weighted by atomic mass is 10.00. The minimum atomic E-state index is -0.00889. The van der Waals surface area contributed by atoms with Crippen LogP contribution in [-0.2, 0) is 6.42 Å². The highest BCUT2D eigenvalue weighted by molar-refractivity contribution is 5.52. The van der Waals surface area contributed by atoms with E-state index < -0.39 is 0 Å². The number of fused-ring (bicyclic) bond motifs is 1. The van der Waals surface area contributed by atoms with Gasteiger partial charge in [-0.3, -0.25) is 0 Å². The van der Waals surface area contributed by atoms with Crippen molar-refractivity contribution in [3.63, 3.8) is 0 Å². The van der Waals surface area contributed by atoms with Crippen LogP contribution in [0.5, 0.6) is 0 Å². The maximum atomic E-state index is 8.91. The molecule has 0 bridgehead atoms. The predicted octanol–water partition coefficient (Wildman–Crippen LogP) is 1.38. The standard InChI is InChI=1S/C11H9N3/c12-5-7-3-8(6-13)9-1-2-11(14)10(9)4-7/h3-4,11H,1-2,14H2. The van der Waals surface area contributed by atoms with Crippen molar-refractivity contribution in [1.29, 1.82) is 10.5 Å². The maximum Gasteiger partial charge on any atom is 0.0995 e. The number of benzene rings is 1. The number of rotatable bonds is 0. The van der Waals surface area contributed by atoms with Gasteiger partial charge in [-0.05, 0) is 36.1 Å². The van der Waals surface area contributed by atoms with Crippen LogP contribution in [0.1, 0.15) is 34.7 Å². The van der Waals surface area contributed by atoms with Gasteiger partial charge in [0.05, 0.1) is 23.3 Å². The van der Waals surface area contributed by atoms with Gasteiger partial charge in [0.25, 0.3) is 0 Å². The molecule has 0 saturated heterocycles. The lowest BCUT2D eigenvalue weighted by molar-refractivity contribution is 0.713. The molecular formula is C11H9N3. The highest BCUT2D eigenvalue weighted by atomic mass is 14.6. The van der Waals surface area contributed by atoms with E-state index in [1.807, 2.05) is 6.07 Å². The number of nitrogens with zero attached hydrogens (tertiary/aromatic N) is 2. The summed E-state index contributed by atoms with van der Waals surface area (Å²) >= 11 is 0. The van der Waals surface area contributed by atoms with E-state index in [0.29, 0.717) is 11.1 Å². The highest BCUT2D eigenvalue weighted by Gasteiger charge is 2.22. The first-order valence-electron chi connectivity index (χ1n) is 4.49. The molecule has 68 valence electrons. The highest BCUT2D eigenvalue weighted by Crippen LogP contribution is 2.32. The summed E-state index contributed by atoms with van der Waals surface area (Å²) in [5.74, 6) is 0. The Labute approximate surface area is 82.4 Å². The third kappa shape index (κ3) is 1.16. The molecule has 1 unspecified atom stereocenters. The van der Waals surface area contributed by atoms with Gasteiger partial charge in [-0.2, -0.15) is 10.5 Å². The molecule has 3 heteroatoms. The van der Waals surface area contributed by atoms with Crippen LogP contribution in [0.4, 0.5) is 0 Å². The average molecular weight is 183 g/mol. The molecule has 1 aromatic carbocycles. The summed E-state index contributed by atoms with van der Waals surface area (Å²) in [6.07, 6.45) is 1.73. The smallest absolute Gasteiger partial charge is 0.0995 e. The van der Waals surface area contributed by atoms with Crippen LogP contribution in [0.2, 0.25) is 0 Å². The summed E-state index contributed by atoms with van der Waals surface area (Å²) < 4.78 is 0. The fourth-order valence-electron chi connectivity index (χ4n) is 1.92. The molecule has 1 aromatic rings. The molecule has 1 aliphatic rings. The summed E-state index contributed by atoms with van der Waals surface area (Å²) in [4.78, 5) is 0. The van der Waals surface area contributed by atoms with Crippen molar-refractivity contribution in [3.05, 3.63) is 34.4 Å². The van der Waals surface area contributed by atoms with Gasteiger partial charge < -0.3 is 5.73 Å². The Balaban J connectivity index is 2.67. The zero-order chi connectivity index (χ0) is 10.1. The second-order valence-electron chi connectivity index (χ2n) is 3.46. The van der Waals surface area contributed by atoms with Crippen LogP contribution in [0.25, 0.3) is 0 Å². The molecule has 14 heavy (non-hydrogen) atoms. The second kappa shape index (κ2) is 3.14. The molecule has 0 radical (unpaired) electrons. The molecule has 2 rings (SSSR count). The van der Waals surface area contributed by atoms with E-state index >= 15 is 0 Å². The topological polar surface area (TPSA) is 73.6 Å². The normalized spacial score (nSPS) is 18.4. The fraction of sp³-hybridized carbons (Fsp3) is 0.273. The first-order chi connectivity index (χ1) is 6.76. The minimum Gasteiger partial charge on any atom is -0.324 e. The summed E-state index contributed by atoms with van der Waals surface area (Å²) in [5, 5.41) is 17.7. The van der Waals surface area contributed by atoms with E-state index in [0.717, 1.165) is 24.0 Å². The fourth-order valence-corrected chi connectivity index (χ4v) is 1.92. The molecule has 0 fully saturated rings. The van der Waals surface area contributed by atoms with Crippen molar-refractivity contribution in [2.45, 2.75) is 18.9 Å². The Morgan fingerprint density at radius 1 is 1.29 bits per heavy atom. The maximum absolute atomic E-state index is 8.91. The molecule has 2 N–H and O–H groups in total. The lowest BCUT2D eigenvalue weighted by Gasteiger charge is -2.05. The summed E-state index contributed by atoms with van der Waals surface area (Å²) in [7, 11) is 0. The van der Waals surface area contributed by atoms with Gasteiger partial charge in [-0.25, -0.2) is 0 Å². The van der Waals surface area contributed by atoms with Gasteiger partial charge in [-0.1, -0.05) is 0 Å². The summed E-state index contributed by atoms with van der Waals surface area (Å²) in [5.41, 5.74) is 9.00. The average Bonchev–Trinajstić information content (AvgIpc) is 2.59. The third-order valence-electron chi connectivity index (χ3n) is 2.64. The number of nitrogens with two attached hydrogens (primary N) is 1. The molecular weight excluding hydrogens is 174 g/mol. The third-order valence-corrected chi connectivity index (χ3v) is 2.64. The molecule has 0 heterocycles. The van der Waals surface area contributed by atoms with Crippen molar-refractivity contribution in [1.82, 2.24) is 0 Å².